The van der Waals surface area contributed by atoms with Crippen LogP contribution in [0.2, 0.25) is 0 Å². The molecule has 0 amide bonds. The Labute approximate surface area is 149 Å². The molecule has 0 bridgehead atoms. The molecular formula is C20H28O5. The van der Waals surface area contributed by atoms with Crippen LogP contribution >= 0.6 is 0 Å². The first-order chi connectivity index (χ1) is 11.9. The van der Waals surface area contributed by atoms with Crippen LogP contribution in [-0.4, -0.2) is 35.9 Å². The number of aryl methyl sites for hydroxylation is 1. The van der Waals surface area contributed by atoms with Gasteiger partial charge in [0.05, 0.1) is 11.1 Å². The molecule has 1 aromatic rings. The van der Waals surface area contributed by atoms with Crippen molar-refractivity contribution in [3.63, 3.8) is 0 Å². The van der Waals surface area contributed by atoms with E-state index in [1.54, 1.807) is 13.2 Å². The predicted octanol–water partition coefficient (Wildman–Crippen LogP) is 4.31. The van der Waals surface area contributed by atoms with Crippen molar-refractivity contribution in [2.24, 2.45) is 5.41 Å². The molecule has 0 aliphatic heterocycles. The molecule has 0 aromatic heterocycles. The highest BCUT2D eigenvalue weighted by Crippen LogP contribution is 2.44. The molecule has 2 N–H and O–H groups in total. The summed E-state index contributed by atoms with van der Waals surface area (Å²) in [5, 5.41) is 18.8. The van der Waals surface area contributed by atoms with E-state index in [2.05, 4.69) is 0 Å². The zero-order valence-electron chi connectivity index (χ0n) is 15.1. The summed E-state index contributed by atoms with van der Waals surface area (Å²) in [6.07, 6.45) is 8.43. The number of carboxylic acid groups (broad SMARTS) is 2. The van der Waals surface area contributed by atoms with E-state index in [1.807, 2.05) is 6.92 Å². The molecule has 1 aromatic carbocycles. The van der Waals surface area contributed by atoms with E-state index in [-0.39, 0.29) is 16.5 Å². The van der Waals surface area contributed by atoms with E-state index in [1.165, 1.54) is 25.3 Å². The second-order valence-corrected chi connectivity index (χ2v) is 7.26. The highest BCUT2D eigenvalue weighted by molar-refractivity contribution is 5.95. The van der Waals surface area contributed by atoms with Crippen molar-refractivity contribution < 1.29 is 24.5 Å². The molecule has 1 fully saturated rings. The smallest absolute Gasteiger partial charge is 0.335 e. The van der Waals surface area contributed by atoms with Gasteiger partial charge < -0.3 is 14.9 Å². The first-order valence-corrected chi connectivity index (χ1v) is 8.97. The number of benzene rings is 1. The molecule has 25 heavy (non-hydrogen) atoms. The van der Waals surface area contributed by atoms with Crippen molar-refractivity contribution >= 4 is 11.9 Å². The lowest BCUT2D eigenvalue weighted by Crippen LogP contribution is -2.28. The van der Waals surface area contributed by atoms with E-state index in [0.717, 1.165) is 36.8 Å². The molecular weight excluding hydrogens is 320 g/mol. The first-order valence-electron chi connectivity index (χ1n) is 8.97. The lowest BCUT2D eigenvalue weighted by Gasteiger charge is -2.38. The van der Waals surface area contributed by atoms with Crippen molar-refractivity contribution in [1.29, 1.82) is 0 Å². The molecule has 5 heteroatoms. The Hall–Kier alpha value is -1.88. The third kappa shape index (κ3) is 4.82. The standard InChI is InChI=1S/C20H28O5/c1-14-11-15(18(21)22)12-16(19(23)24)17(14)13-20(9-6-10-25-2)7-4-3-5-8-20/h11-12H,3-10,13H2,1-2H3,(H,21,22)(H,23,24). The van der Waals surface area contributed by atoms with Crippen molar-refractivity contribution in [1.82, 2.24) is 0 Å². The van der Waals surface area contributed by atoms with E-state index in [0.29, 0.717) is 13.0 Å². The second kappa shape index (κ2) is 8.48. The predicted molar refractivity (Wildman–Crippen MR) is 95.4 cm³/mol. The third-order valence-electron chi connectivity index (χ3n) is 5.47. The summed E-state index contributed by atoms with van der Waals surface area (Å²) in [7, 11) is 1.70. The number of aromatic carboxylic acids is 2. The minimum atomic E-state index is -1.09. The molecule has 1 aliphatic rings. The lowest BCUT2D eigenvalue weighted by atomic mass is 9.67. The fourth-order valence-electron chi connectivity index (χ4n) is 4.15. The maximum Gasteiger partial charge on any atom is 0.335 e. The summed E-state index contributed by atoms with van der Waals surface area (Å²) < 4.78 is 5.20. The molecule has 0 saturated heterocycles. The first kappa shape index (κ1) is 19.4. The van der Waals surface area contributed by atoms with Crippen LogP contribution in [-0.2, 0) is 11.2 Å². The quantitative estimate of drug-likeness (QED) is 0.684. The molecule has 5 nitrogen and oxygen atoms in total. The zero-order valence-corrected chi connectivity index (χ0v) is 15.1. The van der Waals surface area contributed by atoms with Gasteiger partial charge in [-0.25, -0.2) is 9.59 Å². The minimum Gasteiger partial charge on any atom is -0.478 e. The van der Waals surface area contributed by atoms with Gasteiger partial charge >= 0.3 is 11.9 Å². The maximum absolute atomic E-state index is 11.7. The van der Waals surface area contributed by atoms with Crippen LogP contribution in [0.5, 0.6) is 0 Å². The van der Waals surface area contributed by atoms with Crippen LogP contribution in [0.15, 0.2) is 12.1 Å². The molecule has 0 atom stereocenters. The maximum atomic E-state index is 11.7. The fourth-order valence-corrected chi connectivity index (χ4v) is 4.15. The van der Waals surface area contributed by atoms with Gasteiger partial charge in [-0.1, -0.05) is 19.3 Å². The summed E-state index contributed by atoms with van der Waals surface area (Å²) in [5.74, 6) is -2.14. The molecule has 138 valence electrons. The third-order valence-corrected chi connectivity index (χ3v) is 5.47. The van der Waals surface area contributed by atoms with Crippen LogP contribution in [0, 0.1) is 12.3 Å². The number of hydrogen-bond acceptors (Lipinski definition) is 3. The van der Waals surface area contributed by atoms with Crippen LogP contribution in [0.1, 0.15) is 76.8 Å². The van der Waals surface area contributed by atoms with E-state index >= 15 is 0 Å². The fraction of sp³-hybridized carbons (Fsp3) is 0.600. The summed E-state index contributed by atoms with van der Waals surface area (Å²) >= 11 is 0. The normalized spacial score (nSPS) is 16.6. The van der Waals surface area contributed by atoms with Crippen molar-refractivity contribution in [3.8, 4) is 0 Å². The SMILES string of the molecule is COCCCC1(Cc2c(C)cc(C(=O)O)cc2C(=O)O)CCCCC1. The van der Waals surface area contributed by atoms with Gasteiger partial charge in [0.2, 0.25) is 0 Å². The van der Waals surface area contributed by atoms with Gasteiger partial charge in [0.25, 0.3) is 0 Å². The van der Waals surface area contributed by atoms with Gasteiger partial charge in [0.1, 0.15) is 0 Å². The molecule has 0 radical (unpaired) electrons. The molecule has 1 saturated carbocycles. The van der Waals surface area contributed by atoms with Crippen LogP contribution < -0.4 is 0 Å². The summed E-state index contributed by atoms with van der Waals surface area (Å²) in [5.41, 5.74) is 1.81. The van der Waals surface area contributed by atoms with Crippen LogP contribution in [0.3, 0.4) is 0 Å². The highest BCUT2D eigenvalue weighted by Gasteiger charge is 2.33. The summed E-state index contributed by atoms with van der Waals surface area (Å²) in [4.78, 5) is 23.0. The minimum absolute atomic E-state index is 0.0377. The Morgan fingerprint density at radius 1 is 1.12 bits per heavy atom. The Morgan fingerprint density at radius 3 is 2.36 bits per heavy atom. The van der Waals surface area contributed by atoms with E-state index < -0.39 is 11.9 Å². The summed E-state index contributed by atoms with van der Waals surface area (Å²) in [6.45, 7) is 2.53. The Bertz CT molecular complexity index is 629. The molecule has 2 rings (SSSR count). The largest absolute Gasteiger partial charge is 0.478 e. The molecule has 1 aliphatic carbocycles. The molecule has 0 heterocycles. The number of methoxy groups -OCH3 is 1. The Balaban J connectivity index is 2.37. The van der Waals surface area contributed by atoms with Crippen molar-refractivity contribution in [2.45, 2.75) is 58.3 Å². The number of rotatable bonds is 8. The zero-order chi connectivity index (χ0) is 18.4. The van der Waals surface area contributed by atoms with Gasteiger partial charge in [0, 0.05) is 13.7 Å². The number of ether oxygens (including phenoxy) is 1. The average Bonchev–Trinajstić information content (AvgIpc) is 2.57. The van der Waals surface area contributed by atoms with Gasteiger partial charge in [-0.05, 0) is 67.7 Å². The summed E-state index contributed by atoms with van der Waals surface area (Å²) in [6, 6.07) is 2.90. The Morgan fingerprint density at radius 2 is 1.80 bits per heavy atom. The van der Waals surface area contributed by atoms with Gasteiger partial charge in [-0.3, -0.25) is 0 Å². The molecule has 0 spiro atoms. The average molecular weight is 348 g/mol. The van der Waals surface area contributed by atoms with Gasteiger partial charge in [0.15, 0.2) is 0 Å². The number of hydrogen-bond donors (Lipinski definition) is 2. The number of carbonyl (C=O) groups is 2. The second-order valence-electron chi connectivity index (χ2n) is 7.26. The van der Waals surface area contributed by atoms with Crippen molar-refractivity contribution in [3.05, 3.63) is 34.4 Å². The lowest BCUT2D eigenvalue weighted by molar-refractivity contribution is 0.0693. The van der Waals surface area contributed by atoms with E-state index in [4.69, 9.17) is 4.74 Å². The monoisotopic (exact) mass is 348 g/mol. The van der Waals surface area contributed by atoms with Gasteiger partial charge in [-0.2, -0.15) is 0 Å². The van der Waals surface area contributed by atoms with Crippen molar-refractivity contribution in [2.75, 3.05) is 13.7 Å². The highest BCUT2D eigenvalue weighted by atomic mass is 16.5. The van der Waals surface area contributed by atoms with E-state index in [9.17, 15) is 19.8 Å². The number of carboxylic acids is 2. The van der Waals surface area contributed by atoms with Gasteiger partial charge in [-0.15, -0.1) is 0 Å². The Kier molecular flexibility index (Phi) is 6.59. The van der Waals surface area contributed by atoms with Crippen LogP contribution in [0.4, 0.5) is 0 Å². The topological polar surface area (TPSA) is 83.8 Å². The molecule has 0 unspecified atom stereocenters. The van der Waals surface area contributed by atoms with Crippen LogP contribution in [0.25, 0.3) is 0 Å².